The number of nitrogens with one attached hydrogen (secondary N) is 1. The van der Waals surface area contributed by atoms with Crippen LogP contribution in [0.5, 0.6) is 11.5 Å². The van der Waals surface area contributed by atoms with E-state index in [1.165, 1.54) is 31.2 Å². The van der Waals surface area contributed by atoms with Gasteiger partial charge in [0.1, 0.15) is 0 Å². The number of hydrogen-bond acceptors (Lipinski definition) is 7. The molecule has 0 spiro atoms. The van der Waals surface area contributed by atoms with Gasteiger partial charge in [-0.15, -0.1) is 0 Å². The maximum Gasteiger partial charge on any atom is 0.253 e. The Labute approximate surface area is 150 Å². The molecule has 0 fully saturated rings. The predicted molar refractivity (Wildman–Crippen MR) is 97.2 cm³/mol. The molecule has 0 aliphatic carbocycles. The molecule has 1 aromatic heterocycles. The summed E-state index contributed by atoms with van der Waals surface area (Å²) < 4.78 is 5.02. The number of hydrogen-bond donors (Lipinski definition) is 2. The number of carbonyl (C=O) groups excluding carboxylic acids is 1. The van der Waals surface area contributed by atoms with Gasteiger partial charge in [-0.1, -0.05) is 11.8 Å². The monoisotopic (exact) mass is 360 g/mol. The second-order valence-corrected chi connectivity index (χ2v) is 6.67. The molecular formula is C17H20N4O3S. The lowest BCUT2D eigenvalue weighted by molar-refractivity contribution is -0.120. The highest BCUT2D eigenvalue weighted by molar-refractivity contribution is 8.00. The molecule has 0 aliphatic rings. The summed E-state index contributed by atoms with van der Waals surface area (Å²) in [7, 11) is 1.46. The van der Waals surface area contributed by atoms with Crippen LogP contribution in [0.4, 0.5) is 0 Å². The molecule has 0 radical (unpaired) electrons. The first-order chi connectivity index (χ1) is 11.9. The molecule has 0 saturated heterocycles. The topological polar surface area (TPSA) is 96.7 Å². The number of aromatic nitrogens is 2. The largest absolute Gasteiger partial charge is 0.504 e. The summed E-state index contributed by atoms with van der Waals surface area (Å²) in [5.74, 6) is 0.128. The van der Waals surface area contributed by atoms with Gasteiger partial charge in [0.2, 0.25) is 0 Å². The van der Waals surface area contributed by atoms with Crippen molar-refractivity contribution in [1.29, 1.82) is 0 Å². The summed E-state index contributed by atoms with van der Waals surface area (Å²) in [6.07, 6.45) is 1.48. The quantitative estimate of drug-likeness (QED) is 0.355. The van der Waals surface area contributed by atoms with E-state index >= 15 is 0 Å². The first kappa shape index (κ1) is 18.7. The molecule has 0 bridgehead atoms. The third-order valence-corrected chi connectivity index (χ3v) is 4.17. The predicted octanol–water partition coefficient (Wildman–Crippen LogP) is 2.44. The van der Waals surface area contributed by atoms with E-state index < -0.39 is 5.25 Å². The standard InChI is InChI=1S/C17H20N4O3S/c1-10-7-11(2)20-17(19-10)25-12(3)16(23)21-18-9-13-5-6-14(22)15(8-13)24-4/h5-9,12,22H,1-4H3,(H,21,23). The number of carbonyl (C=O) groups is 1. The van der Waals surface area contributed by atoms with E-state index in [2.05, 4.69) is 20.5 Å². The van der Waals surface area contributed by atoms with Crippen molar-refractivity contribution in [3.05, 3.63) is 41.2 Å². The molecule has 1 unspecified atom stereocenters. The molecule has 1 aromatic carbocycles. The van der Waals surface area contributed by atoms with Crippen LogP contribution in [-0.2, 0) is 4.79 Å². The number of amides is 1. The molecule has 132 valence electrons. The molecule has 2 rings (SSSR count). The van der Waals surface area contributed by atoms with Gasteiger partial charge in [0.05, 0.1) is 18.6 Å². The number of thioether (sulfide) groups is 1. The number of ether oxygens (including phenoxy) is 1. The number of methoxy groups -OCH3 is 1. The fourth-order valence-electron chi connectivity index (χ4n) is 1.99. The van der Waals surface area contributed by atoms with Gasteiger partial charge in [-0.3, -0.25) is 4.79 Å². The van der Waals surface area contributed by atoms with Gasteiger partial charge in [-0.2, -0.15) is 5.10 Å². The van der Waals surface area contributed by atoms with Crippen LogP contribution in [0.15, 0.2) is 34.5 Å². The molecule has 1 atom stereocenters. The van der Waals surface area contributed by atoms with Crippen molar-refractivity contribution in [3.8, 4) is 11.5 Å². The van der Waals surface area contributed by atoms with Crippen LogP contribution in [-0.4, -0.2) is 39.6 Å². The van der Waals surface area contributed by atoms with E-state index in [9.17, 15) is 9.90 Å². The molecule has 0 saturated carbocycles. The number of nitrogens with zero attached hydrogens (tertiary/aromatic N) is 3. The Kier molecular flexibility index (Phi) is 6.35. The Balaban J connectivity index is 1.94. The van der Waals surface area contributed by atoms with Gasteiger partial charge < -0.3 is 9.84 Å². The molecule has 0 aliphatic heterocycles. The van der Waals surface area contributed by atoms with Gasteiger partial charge in [-0.05, 0) is 50.6 Å². The zero-order valence-corrected chi connectivity index (χ0v) is 15.3. The molecule has 7 nitrogen and oxygen atoms in total. The van der Waals surface area contributed by atoms with Crippen LogP contribution in [0.3, 0.4) is 0 Å². The van der Waals surface area contributed by atoms with Crippen LogP contribution >= 0.6 is 11.8 Å². The van der Waals surface area contributed by atoms with E-state index in [0.29, 0.717) is 16.5 Å². The number of phenols is 1. The molecule has 1 heterocycles. The average Bonchev–Trinajstić information content (AvgIpc) is 2.55. The molecule has 2 N–H and O–H groups in total. The Morgan fingerprint density at radius 3 is 2.64 bits per heavy atom. The SMILES string of the molecule is COc1cc(C=NNC(=O)C(C)Sc2nc(C)cc(C)n2)ccc1O. The molecule has 8 heteroatoms. The Bertz CT molecular complexity index is 775. The lowest BCUT2D eigenvalue weighted by Gasteiger charge is -2.09. The molecule has 1 amide bonds. The third kappa shape index (κ3) is 5.46. The summed E-state index contributed by atoms with van der Waals surface area (Å²) >= 11 is 1.27. The fraction of sp³-hybridized carbons (Fsp3) is 0.294. The smallest absolute Gasteiger partial charge is 0.253 e. The Morgan fingerprint density at radius 1 is 1.32 bits per heavy atom. The first-order valence-corrected chi connectivity index (χ1v) is 8.46. The molecular weight excluding hydrogens is 340 g/mol. The minimum Gasteiger partial charge on any atom is -0.504 e. The van der Waals surface area contributed by atoms with Gasteiger partial charge in [0.25, 0.3) is 5.91 Å². The summed E-state index contributed by atoms with van der Waals surface area (Å²) in [5, 5.41) is 13.6. The van der Waals surface area contributed by atoms with Crippen molar-refractivity contribution in [3.63, 3.8) is 0 Å². The number of benzene rings is 1. The molecule has 2 aromatic rings. The first-order valence-electron chi connectivity index (χ1n) is 7.58. The maximum absolute atomic E-state index is 12.1. The number of aromatic hydroxyl groups is 1. The summed E-state index contributed by atoms with van der Waals surface area (Å²) in [6, 6.07) is 6.66. The van der Waals surface area contributed by atoms with Crippen molar-refractivity contribution in [2.24, 2.45) is 5.10 Å². The highest BCUT2D eigenvalue weighted by atomic mass is 32.2. The van der Waals surface area contributed by atoms with Crippen molar-refractivity contribution in [2.75, 3.05) is 7.11 Å². The zero-order chi connectivity index (χ0) is 18.4. The number of rotatable bonds is 6. The number of aryl methyl sites for hydroxylation is 2. The number of phenolic OH excluding ortho intramolecular Hbond substituents is 1. The minimum atomic E-state index is -0.396. The van der Waals surface area contributed by atoms with Crippen LogP contribution in [0.2, 0.25) is 0 Å². The second kappa shape index (κ2) is 8.48. The minimum absolute atomic E-state index is 0.0437. The van der Waals surface area contributed by atoms with Crippen molar-refractivity contribution >= 4 is 23.9 Å². The average molecular weight is 360 g/mol. The zero-order valence-electron chi connectivity index (χ0n) is 14.5. The fourth-order valence-corrected chi connectivity index (χ4v) is 2.86. The summed E-state index contributed by atoms with van der Waals surface area (Å²) in [4.78, 5) is 20.7. The van der Waals surface area contributed by atoms with Gasteiger partial charge in [-0.25, -0.2) is 15.4 Å². The second-order valence-electron chi connectivity index (χ2n) is 5.36. The van der Waals surface area contributed by atoms with Gasteiger partial charge >= 0.3 is 0 Å². The summed E-state index contributed by atoms with van der Waals surface area (Å²) in [6.45, 7) is 5.54. The Morgan fingerprint density at radius 2 is 2.00 bits per heavy atom. The lowest BCUT2D eigenvalue weighted by atomic mass is 10.2. The van der Waals surface area contributed by atoms with E-state index in [-0.39, 0.29) is 11.7 Å². The lowest BCUT2D eigenvalue weighted by Crippen LogP contribution is -2.27. The van der Waals surface area contributed by atoms with E-state index in [1.54, 1.807) is 19.1 Å². The van der Waals surface area contributed by atoms with Crippen LogP contribution in [0.25, 0.3) is 0 Å². The normalized spacial score (nSPS) is 12.2. The third-order valence-electron chi connectivity index (χ3n) is 3.21. The van der Waals surface area contributed by atoms with Gasteiger partial charge in [0, 0.05) is 11.4 Å². The van der Waals surface area contributed by atoms with E-state index in [0.717, 1.165) is 11.4 Å². The number of hydrazone groups is 1. The molecule has 25 heavy (non-hydrogen) atoms. The highest BCUT2D eigenvalue weighted by Gasteiger charge is 2.15. The highest BCUT2D eigenvalue weighted by Crippen LogP contribution is 2.25. The van der Waals surface area contributed by atoms with E-state index in [4.69, 9.17) is 4.74 Å². The van der Waals surface area contributed by atoms with Crippen molar-refractivity contribution in [2.45, 2.75) is 31.2 Å². The summed E-state index contributed by atoms with van der Waals surface area (Å²) in [5.41, 5.74) is 4.90. The maximum atomic E-state index is 12.1. The van der Waals surface area contributed by atoms with Gasteiger partial charge in [0.15, 0.2) is 16.7 Å². The Hall–Kier alpha value is -2.61. The van der Waals surface area contributed by atoms with Crippen LogP contribution in [0.1, 0.15) is 23.9 Å². The van der Waals surface area contributed by atoms with Crippen LogP contribution < -0.4 is 10.2 Å². The van der Waals surface area contributed by atoms with Crippen LogP contribution in [0, 0.1) is 13.8 Å². The van der Waals surface area contributed by atoms with E-state index in [1.807, 2.05) is 19.9 Å². The van der Waals surface area contributed by atoms with Crippen molar-refractivity contribution < 1.29 is 14.6 Å². The van der Waals surface area contributed by atoms with Crippen molar-refractivity contribution in [1.82, 2.24) is 15.4 Å².